The molecule has 0 saturated heterocycles. The second kappa shape index (κ2) is 3.84. The maximum absolute atomic E-state index is 12.8. The summed E-state index contributed by atoms with van der Waals surface area (Å²) in [6.45, 7) is 0.707. The standard InChI is InChI=1S/C10H11FN2O2/c11-7-3-8(10(14)15)9(13-5-7)12-4-6-1-2-6/h3,5-6H,1-2,4H2,(H,12,13)(H,14,15). The van der Waals surface area contributed by atoms with Crippen molar-refractivity contribution >= 4 is 11.8 Å². The van der Waals surface area contributed by atoms with Crippen LogP contribution in [0, 0.1) is 11.7 Å². The minimum Gasteiger partial charge on any atom is -0.478 e. The number of carboxylic acid groups (broad SMARTS) is 1. The van der Waals surface area contributed by atoms with Crippen LogP contribution in [0.15, 0.2) is 12.3 Å². The lowest BCUT2D eigenvalue weighted by molar-refractivity contribution is 0.0697. The van der Waals surface area contributed by atoms with Gasteiger partial charge in [-0.1, -0.05) is 0 Å². The molecule has 1 aliphatic rings. The number of anilines is 1. The quantitative estimate of drug-likeness (QED) is 0.794. The Morgan fingerprint density at radius 3 is 3.00 bits per heavy atom. The average Bonchev–Trinajstić information content (AvgIpc) is 2.99. The molecule has 1 heterocycles. The fourth-order valence-corrected chi connectivity index (χ4v) is 1.31. The number of pyridine rings is 1. The Bertz CT molecular complexity index is 391. The zero-order valence-electron chi connectivity index (χ0n) is 8.03. The fourth-order valence-electron chi connectivity index (χ4n) is 1.31. The molecular formula is C10H11FN2O2. The number of hydrogen-bond donors (Lipinski definition) is 2. The second-order valence-corrected chi connectivity index (χ2v) is 3.68. The number of carbonyl (C=O) groups is 1. The van der Waals surface area contributed by atoms with Crippen LogP contribution in [-0.2, 0) is 0 Å². The summed E-state index contributed by atoms with van der Waals surface area (Å²) in [6, 6.07) is 0.977. The first-order chi connectivity index (χ1) is 7.16. The molecule has 1 aromatic heterocycles. The van der Waals surface area contributed by atoms with Crippen LogP contribution in [-0.4, -0.2) is 22.6 Å². The Balaban J connectivity index is 2.15. The molecule has 1 aliphatic carbocycles. The highest BCUT2D eigenvalue weighted by atomic mass is 19.1. The molecule has 0 bridgehead atoms. The van der Waals surface area contributed by atoms with Gasteiger partial charge in [-0.25, -0.2) is 14.2 Å². The van der Waals surface area contributed by atoms with E-state index in [1.807, 2.05) is 0 Å². The van der Waals surface area contributed by atoms with Gasteiger partial charge in [0.05, 0.1) is 6.20 Å². The lowest BCUT2D eigenvalue weighted by Gasteiger charge is -2.07. The molecule has 80 valence electrons. The van der Waals surface area contributed by atoms with Crippen LogP contribution in [0.3, 0.4) is 0 Å². The minimum atomic E-state index is -1.17. The largest absolute Gasteiger partial charge is 0.478 e. The van der Waals surface area contributed by atoms with Gasteiger partial charge in [0, 0.05) is 6.54 Å². The molecule has 0 aliphatic heterocycles. The van der Waals surface area contributed by atoms with Crippen molar-refractivity contribution in [1.82, 2.24) is 4.98 Å². The van der Waals surface area contributed by atoms with Crippen molar-refractivity contribution in [3.8, 4) is 0 Å². The smallest absolute Gasteiger partial charge is 0.339 e. The molecule has 0 radical (unpaired) electrons. The van der Waals surface area contributed by atoms with Gasteiger partial charge in [-0.05, 0) is 24.8 Å². The predicted molar refractivity (Wildman–Crippen MR) is 52.4 cm³/mol. The Morgan fingerprint density at radius 1 is 1.67 bits per heavy atom. The van der Waals surface area contributed by atoms with Crippen molar-refractivity contribution in [1.29, 1.82) is 0 Å². The molecule has 1 fully saturated rings. The molecule has 2 rings (SSSR count). The maximum atomic E-state index is 12.8. The zero-order valence-corrected chi connectivity index (χ0v) is 8.03. The molecule has 0 unspecified atom stereocenters. The van der Waals surface area contributed by atoms with Gasteiger partial charge in [-0.15, -0.1) is 0 Å². The first-order valence-electron chi connectivity index (χ1n) is 4.79. The Hall–Kier alpha value is -1.65. The molecule has 4 nitrogen and oxygen atoms in total. The number of carboxylic acids is 1. The summed E-state index contributed by atoms with van der Waals surface area (Å²) in [7, 11) is 0. The number of hydrogen-bond acceptors (Lipinski definition) is 3. The number of aromatic carboxylic acids is 1. The van der Waals surface area contributed by atoms with Gasteiger partial charge in [0.2, 0.25) is 0 Å². The van der Waals surface area contributed by atoms with Gasteiger partial charge >= 0.3 is 5.97 Å². The third-order valence-electron chi connectivity index (χ3n) is 2.34. The summed E-state index contributed by atoms with van der Waals surface area (Å²) in [5, 5.41) is 11.7. The van der Waals surface area contributed by atoms with Crippen LogP contribution in [0.2, 0.25) is 0 Å². The predicted octanol–water partition coefficient (Wildman–Crippen LogP) is 1.74. The van der Waals surface area contributed by atoms with Gasteiger partial charge in [-0.2, -0.15) is 0 Å². The molecule has 0 aromatic carbocycles. The lowest BCUT2D eigenvalue weighted by atomic mass is 10.2. The van der Waals surface area contributed by atoms with Gasteiger partial charge in [0.25, 0.3) is 0 Å². The first kappa shape index (κ1) is 9.89. The molecule has 1 aromatic rings. The highest BCUT2D eigenvalue weighted by Crippen LogP contribution is 2.29. The highest BCUT2D eigenvalue weighted by molar-refractivity contribution is 5.93. The van der Waals surface area contributed by atoms with E-state index in [2.05, 4.69) is 10.3 Å². The summed E-state index contributed by atoms with van der Waals surface area (Å²) in [5.41, 5.74) is -0.115. The van der Waals surface area contributed by atoms with Crippen molar-refractivity contribution in [2.24, 2.45) is 5.92 Å². The van der Waals surface area contributed by atoms with E-state index in [0.29, 0.717) is 12.5 Å². The van der Waals surface area contributed by atoms with E-state index in [0.717, 1.165) is 25.1 Å². The summed E-state index contributed by atoms with van der Waals surface area (Å²) in [5.74, 6) is -0.945. The third-order valence-corrected chi connectivity index (χ3v) is 2.34. The van der Waals surface area contributed by atoms with Gasteiger partial charge in [0.15, 0.2) is 0 Å². The van der Waals surface area contributed by atoms with Crippen molar-refractivity contribution in [3.05, 3.63) is 23.6 Å². The number of rotatable bonds is 4. The minimum absolute atomic E-state index is 0.115. The summed E-state index contributed by atoms with van der Waals surface area (Å²) in [6.07, 6.45) is 3.34. The third kappa shape index (κ3) is 2.43. The van der Waals surface area contributed by atoms with Crippen LogP contribution < -0.4 is 5.32 Å². The Labute approximate surface area is 86.1 Å². The van der Waals surface area contributed by atoms with Crippen molar-refractivity contribution in [2.45, 2.75) is 12.8 Å². The Kier molecular flexibility index (Phi) is 2.53. The van der Waals surface area contributed by atoms with Gasteiger partial charge in [0.1, 0.15) is 17.2 Å². The molecule has 15 heavy (non-hydrogen) atoms. The molecule has 0 spiro atoms. The highest BCUT2D eigenvalue weighted by Gasteiger charge is 2.22. The number of halogens is 1. The molecular weight excluding hydrogens is 199 g/mol. The molecule has 1 saturated carbocycles. The topological polar surface area (TPSA) is 62.2 Å². The SMILES string of the molecule is O=C(O)c1cc(F)cnc1NCC1CC1. The summed E-state index contributed by atoms with van der Waals surface area (Å²) < 4.78 is 12.8. The van der Waals surface area contributed by atoms with Crippen LogP contribution in [0.4, 0.5) is 10.2 Å². The van der Waals surface area contributed by atoms with Crippen LogP contribution in [0.25, 0.3) is 0 Å². The average molecular weight is 210 g/mol. The van der Waals surface area contributed by atoms with E-state index in [4.69, 9.17) is 5.11 Å². The molecule has 2 N–H and O–H groups in total. The monoisotopic (exact) mass is 210 g/mol. The van der Waals surface area contributed by atoms with E-state index in [1.54, 1.807) is 0 Å². The van der Waals surface area contributed by atoms with E-state index < -0.39 is 11.8 Å². The number of nitrogens with one attached hydrogen (secondary N) is 1. The number of aromatic nitrogens is 1. The summed E-state index contributed by atoms with van der Waals surface area (Å²) in [4.78, 5) is 14.5. The lowest BCUT2D eigenvalue weighted by Crippen LogP contribution is -2.11. The maximum Gasteiger partial charge on any atom is 0.339 e. The number of nitrogens with zero attached hydrogens (tertiary/aromatic N) is 1. The van der Waals surface area contributed by atoms with Crippen LogP contribution in [0.1, 0.15) is 23.2 Å². The van der Waals surface area contributed by atoms with Gasteiger partial charge < -0.3 is 10.4 Å². The van der Waals surface area contributed by atoms with Crippen LogP contribution >= 0.6 is 0 Å². The van der Waals surface area contributed by atoms with Gasteiger partial charge in [-0.3, -0.25) is 0 Å². The van der Waals surface area contributed by atoms with E-state index >= 15 is 0 Å². The van der Waals surface area contributed by atoms with E-state index in [9.17, 15) is 9.18 Å². The van der Waals surface area contributed by atoms with E-state index in [-0.39, 0.29) is 11.4 Å². The molecule has 0 atom stereocenters. The van der Waals surface area contributed by atoms with E-state index in [1.165, 1.54) is 0 Å². The zero-order chi connectivity index (χ0) is 10.8. The van der Waals surface area contributed by atoms with Crippen molar-refractivity contribution < 1.29 is 14.3 Å². The van der Waals surface area contributed by atoms with Crippen LogP contribution in [0.5, 0.6) is 0 Å². The van der Waals surface area contributed by atoms with Crippen molar-refractivity contribution in [3.63, 3.8) is 0 Å². The summed E-state index contributed by atoms with van der Waals surface area (Å²) >= 11 is 0. The fraction of sp³-hybridized carbons (Fsp3) is 0.400. The normalized spacial score (nSPS) is 15.0. The molecule has 5 heteroatoms. The Morgan fingerprint density at radius 2 is 2.40 bits per heavy atom. The molecule has 0 amide bonds. The first-order valence-corrected chi connectivity index (χ1v) is 4.79. The second-order valence-electron chi connectivity index (χ2n) is 3.68. The van der Waals surface area contributed by atoms with Crippen molar-refractivity contribution in [2.75, 3.05) is 11.9 Å².